The number of rotatable bonds is 2. The molecule has 76 valence electrons. The van der Waals surface area contributed by atoms with Crippen molar-refractivity contribution in [2.45, 2.75) is 0 Å². The molecule has 1 amide bonds. The molecule has 0 saturated carbocycles. The van der Waals surface area contributed by atoms with Crippen LogP contribution in [-0.2, 0) is 0 Å². The van der Waals surface area contributed by atoms with E-state index < -0.39 is 6.09 Å². The van der Waals surface area contributed by atoms with E-state index in [0.717, 1.165) is 5.56 Å². The van der Waals surface area contributed by atoms with Gasteiger partial charge < -0.3 is 9.63 Å². The Morgan fingerprint density at radius 1 is 1.33 bits per heavy atom. The average Bonchev–Trinajstić information content (AvgIpc) is 2.71. The predicted molar refractivity (Wildman–Crippen MR) is 51.4 cm³/mol. The average molecular weight is 205 g/mol. The Hall–Kier alpha value is -2.37. The van der Waals surface area contributed by atoms with Crippen molar-refractivity contribution in [3.63, 3.8) is 0 Å². The van der Waals surface area contributed by atoms with E-state index >= 15 is 0 Å². The van der Waals surface area contributed by atoms with Crippen LogP contribution in [0.25, 0.3) is 11.5 Å². The van der Waals surface area contributed by atoms with Crippen LogP contribution < -0.4 is 5.32 Å². The molecule has 2 rings (SSSR count). The standard InChI is InChI=1S/C9H7N3O3/c13-9(14)12-7-3-1-6(2-4-7)8-10-5-11-15-8/h1-5,12H,(H,13,14). The van der Waals surface area contributed by atoms with Gasteiger partial charge in [-0.2, -0.15) is 4.98 Å². The zero-order valence-corrected chi connectivity index (χ0v) is 7.54. The van der Waals surface area contributed by atoms with Crippen molar-refractivity contribution in [3.05, 3.63) is 30.6 Å². The number of nitrogens with one attached hydrogen (secondary N) is 1. The minimum Gasteiger partial charge on any atom is -0.465 e. The Kier molecular flexibility index (Phi) is 2.32. The maximum absolute atomic E-state index is 10.3. The third kappa shape index (κ3) is 2.11. The highest BCUT2D eigenvalue weighted by Gasteiger charge is 2.03. The van der Waals surface area contributed by atoms with Gasteiger partial charge in [0.05, 0.1) is 0 Å². The summed E-state index contributed by atoms with van der Waals surface area (Å²) in [6, 6.07) is 6.62. The smallest absolute Gasteiger partial charge is 0.409 e. The molecule has 0 radical (unpaired) electrons. The number of benzene rings is 1. The number of amides is 1. The molecule has 2 N–H and O–H groups in total. The van der Waals surface area contributed by atoms with Crippen LogP contribution >= 0.6 is 0 Å². The summed E-state index contributed by atoms with van der Waals surface area (Å²) >= 11 is 0. The second-order valence-electron chi connectivity index (χ2n) is 2.75. The zero-order chi connectivity index (χ0) is 10.7. The van der Waals surface area contributed by atoms with E-state index in [2.05, 4.69) is 15.5 Å². The normalized spacial score (nSPS) is 9.87. The van der Waals surface area contributed by atoms with Crippen LogP contribution in [0.15, 0.2) is 35.1 Å². The van der Waals surface area contributed by atoms with Gasteiger partial charge in [-0.25, -0.2) is 4.79 Å². The maximum atomic E-state index is 10.3. The van der Waals surface area contributed by atoms with Crippen molar-refractivity contribution >= 4 is 11.8 Å². The fourth-order valence-corrected chi connectivity index (χ4v) is 1.12. The molecule has 2 aromatic rings. The molecule has 0 saturated heterocycles. The van der Waals surface area contributed by atoms with Crippen LogP contribution in [0.1, 0.15) is 0 Å². The Morgan fingerprint density at radius 3 is 2.60 bits per heavy atom. The highest BCUT2D eigenvalue weighted by molar-refractivity contribution is 5.83. The van der Waals surface area contributed by atoms with Gasteiger partial charge in [0.25, 0.3) is 5.89 Å². The summed E-state index contributed by atoms with van der Waals surface area (Å²) in [5.41, 5.74) is 1.23. The minimum absolute atomic E-state index is 0.400. The lowest BCUT2D eigenvalue weighted by molar-refractivity contribution is 0.210. The molecule has 6 nitrogen and oxygen atoms in total. The van der Waals surface area contributed by atoms with Crippen LogP contribution in [0.3, 0.4) is 0 Å². The molecular weight excluding hydrogens is 198 g/mol. The molecule has 0 spiro atoms. The number of hydrogen-bond acceptors (Lipinski definition) is 4. The van der Waals surface area contributed by atoms with Gasteiger partial charge in [0, 0.05) is 11.3 Å². The molecule has 0 fully saturated rings. The number of nitrogens with zero attached hydrogens (tertiary/aromatic N) is 2. The van der Waals surface area contributed by atoms with Gasteiger partial charge in [0.1, 0.15) is 0 Å². The fourth-order valence-electron chi connectivity index (χ4n) is 1.12. The van der Waals surface area contributed by atoms with E-state index in [9.17, 15) is 4.79 Å². The largest absolute Gasteiger partial charge is 0.465 e. The minimum atomic E-state index is -1.10. The highest BCUT2D eigenvalue weighted by atomic mass is 16.5. The van der Waals surface area contributed by atoms with Crippen LogP contribution in [0.2, 0.25) is 0 Å². The molecule has 0 bridgehead atoms. The van der Waals surface area contributed by atoms with Gasteiger partial charge in [-0.1, -0.05) is 5.16 Å². The topological polar surface area (TPSA) is 88.2 Å². The highest BCUT2D eigenvalue weighted by Crippen LogP contribution is 2.18. The molecule has 0 aliphatic carbocycles. The lowest BCUT2D eigenvalue weighted by Gasteiger charge is -2.00. The molecule has 15 heavy (non-hydrogen) atoms. The first-order valence-electron chi connectivity index (χ1n) is 4.13. The quantitative estimate of drug-likeness (QED) is 0.780. The van der Waals surface area contributed by atoms with Crippen LogP contribution in [0, 0.1) is 0 Å². The van der Waals surface area contributed by atoms with Gasteiger partial charge in [-0.15, -0.1) is 0 Å². The summed E-state index contributed by atoms with van der Waals surface area (Å²) in [6.45, 7) is 0. The Bertz CT molecular complexity index is 450. The third-order valence-electron chi connectivity index (χ3n) is 1.74. The Balaban J connectivity index is 2.21. The summed E-state index contributed by atoms with van der Waals surface area (Å²) < 4.78 is 4.84. The second kappa shape index (κ2) is 3.79. The third-order valence-corrected chi connectivity index (χ3v) is 1.74. The van der Waals surface area contributed by atoms with Crippen molar-refractivity contribution in [2.75, 3.05) is 5.32 Å². The Morgan fingerprint density at radius 2 is 2.07 bits per heavy atom. The zero-order valence-electron chi connectivity index (χ0n) is 7.54. The Labute approximate surface area is 84.5 Å². The van der Waals surface area contributed by atoms with Crippen molar-refractivity contribution in [2.24, 2.45) is 0 Å². The van der Waals surface area contributed by atoms with Gasteiger partial charge in [0.15, 0.2) is 6.33 Å². The second-order valence-corrected chi connectivity index (χ2v) is 2.75. The van der Waals surface area contributed by atoms with Crippen molar-refractivity contribution < 1.29 is 14.4 Å². The maximum Gasteiger partial charge on any atom is 0.409 e. The molecule has 0 aliphatic heterocycles. The first-order valence-corrected chi connectivity index (χ1v) is 4.13. The molecular formula is C9H7N3O3. The molecule has 0 aliphatic rings. The summed E-state index contributed by atoms with van der Waals surface area (Å²) in [5.74, 6) is 0.400. The molecule has 0 unspecified atom stereocenters. The van der Waals surface area contributed by atoms with Crippen molar-refractivity contribution in [3.8, 4) is 11.5 Å². The lowest BCUT2D eigenvalue weighted by Crippen LogP contribution is -2.06. The van der Waals surface area contributed by atoms with E-state index in [4.69, 9.17) is 9.63 Å². The summed E-state index contributed by atoms with van der Waals surface area (Å²) in [7, 11) is 0. The van der Waals surface area contributed by atoms with Crippen LogP contribution in [0.4, 0.5) is 10.5 Å². The summed E-state index contributed by atoms with van der Waals surface area (Å²) in [6.07, 6.45) is 0.208. The SMILES string of the molecule is O=C(O)Nc1ccc(-c2ncno2)cc1. The van der Waals surface area contributed by atoms with E-state index in [1.807, 2.05) is 0 Å². The van der Waals surface area contributed by atoms with E-state index in [1.54, 1.807) is 24.3 Å². The molecule has 0 atom stereocenters. The van der Waals surface area contributed by atoms with Crippen LogP contribution in [0.5, 0.6) is 0 Å². The first-order chi connectivity index (χ1) is 7.25. The first kappa shape index (κ1) is 9.20. The number of aromatic nitrogens is 2. The van der Waals surface area contributed by atoms with Gasteiger partial charge in [-0.3, -0.25) is 5.32 Å². The van der Waals surface area contributed by atoms with Gasteiger partial charge in [-0.05, 0) is 24.3 Å². The van der Waals surface area contributed by atoms with E-state index in [-0.39, 0.29) is 0 Å². The van der Waals surface area contributed by atoms with E-state index in [1.165, 1.54) is 6.33 Å². The summed E-state index contributed by atoms with van der Waals surface area (Å²) in [4.78, 5) is 14.2. The van der Waals surface area contributed by atoms with Crippen molar-refractivity contribution in [1.82, 2.24) is 10.1 Å². The van der Waals surface area contributed by atoms with Crippen molar-refractivity contribution in [1.29, 1.82) is 0 Å². The molecule has 1 aromatic heterocycles. The fraction of sp³-hybridized carbons (Fsp3) is 0. The predicted octanol–water partition coefficient (Wildman–Crippen LogP) is 1.83. The molecule has 6 heteroatoms. The summed E-state index contributed by atoms with van der Waals surface area (Å²) in [5, 5.41) is 14.2. The van der Waals surface area contributed by atoms with E-state index in [0.29, 0.717) is 11.6 Å². The lowest BCUT2D eigenvalue weighted by atomic mass is 10.2. The number of carbonyl (C=O) groups is 1. The number of carboxylic acid groups (broad SMARTS) is 1. The monoisotopic (exact) mass is 205 g/mol. The number of hydrogen-bond donors (Lipinski definition) is 2. The van der Waals surface area contributed by atoms with Gasteiger partial charge in [0.2, 0.25) is 0 Å². The molecule has 1 aromatic carbocycles. The van der Waals surface area contributed by atoms with Crippen LogP contribution in [-0.4, -0.2) is 21.3 Å². The number of anilines is 1. The molecule has 1 heterocycles. The van der Waals surface area contributed by atoms with Gasteiger partial charge >= 0.3 is 6.09 Å².